The first-order valence-corrected chi connectivity index (χ1v) is 8.65. The van der Waals surface area contributed by atoms with Gasteiger partial charge in [0.1, 0.15) is 13.2 Å². The van der Waals surface area contributed by atoms with Crippen molar-refractivity contribution in [2.24, 2.45) is 10.9 Å². The highest BCUT2D eigenvalue weighted by molar-refractivity contribution is 14.0. The van der Waals surface area contributed by atoms with Crippen LogP contribution in [-0.4, -0.2) is 32.3 Å². The van der Waals surface area contributed by atoms with E-state index in [0.717, 1.165) is 46.5 Å². The van der Waals surface area contributed by atoms with Gasteiger partial charge in [0, 0.05) is 13.1 Å². The Balaban J connectivity index is 0.00000192. The fourth-order valence-electron chi connectivity index (χ4n) is 2.33. The van der Waals surface area contributed by atoms with Gasteiger partial charge in [-0.1, -0.05) is 0 Å². The van der Waals surface area contributed by atoms with Crippen molar-refractivity contribution in [3.63, 3.8) is 0 Å². The number of aliphatic imine (C=N–C) groups is 1. The molecule has 0 unspecified atom stereocenters. The second-order valence-electron chi connectivity index (χ2n) is 5.62. The lowest BCUT2D eigenvalue weighted by Gasteiger charge is -2.20. The van der Waals surface area contributed by atoms with E-state index in [9.17, 15) is 0 Å². The summed E-state index contributed by atoms with van der Waals surface area (Å²) in [5.74, 6) is 3.28. The summed E-state index contributed by atoms with van der Waals surface area (Å²) in [6.45, 7) is 5.75. The molecule has 2 N–H and O–H groups in total. The number of benzene rings is 1. The van der Waals surface area contributed by atoms with E-state index in [4.69, 9.17) is 9.47 Å². The van der Waals surface area contributed by atoms with Crippen LogP contribution >= 0.6 is 39.9 Å². The zero-order chi connectivity index (χ0) is 15.4. The van der Waals surface area contributed by atoms with Gasteiger partial charge < -0.3 is 20.1 Å². The monoisotopic (exact) mass is 495 g/mol. The molecule has 0 radical (unpaired) electrons. The highest BCUT2D eigenvalue weighted by atomic mass is 127. The number of hydrogen-bond acceptors (Lipinski definition) is 3. The summed E-state index contributed by atoms with van der Waals surface area (Å²) < 4.78 is 12.2. The molecule has 1 saturated carbocycles. The Morgan fingerprint density at radius 1 is 1.26 bits per heavy atom. The molecular formula is C16H23BrIN3O2. The van der Waals surface area contributed by atoms with Crippen LogP contribution in [0, 0.1) is 5.92 Å². The third-order valence-corrected chi connectivity index (χ3v) is 4.26. The molecule has 1 aliphatic carbocycles. The average Bonchev–Trinajstić information content (AvgIpc) is 3.34. The van der Waals surface area contributed by atoms with Crippen LogP contribution in [0.25, 0.3) is 0 Å². The second kappa shape index (κ2) is 8.96. The molecule has 0 saturated heterocycles. The van der Waals surface area contributed by atoms with Crippen molar-refractivity contribution in [3.8, 4) is 11.5 Å². The molecule has 1 aromatic carbocycles. The van der Waals surface area contributed by atoms with Gasteiger partial charge in [0.05, 0.1) is 11.0 Å². The Morgan fingerprint density at radius 3 is 2.78 bits per heavy atom. The van der Waals surface area contributed by atoms with Crippen LogP contribution in [0.15, 0.2) is 21.6 Å². The predicted molar refractivity (Wildman–Crippen MR) is 106 cm³/mol. The van der Waals surface area contributed by atoms with E-state index < -0.39 is 0 Å². The standard InChI is InChI=1S/C16H22BrN3O2.HI/c1-2-18-16(19-9-11-3-4-11)20-10-12-7-13(17)15-14(8-12)21-5-6-22-15;/h7-8,11H,2-6,9-10H2,1H3,(H2,18,19,20);1H. The first-order chi connectivity index (χ1) is 10.8. The first kappa shape index (κ1) is 18.6. The van der Waals surface area contributed by atoms with E-state index >= 15 is 0 Å². The zero-order valence-corrected chi connectivity index (χ0v) is 17.1. The number of nitrogens with one attached hydrogen (secondary N) is 2. The Morgan fingerprint density at radius 2 is 2.04 bits per heavy atom. The second-order valence-corrected chi connectivity index (χ2v) is 6.48. The maximum Gasteiger partial charge on any atom is 0.191 e. The molecule has 0 bridgehead atoms. The molecule has 0 aromatic heterocycles. The summed E-state index contributed by atoms with van der Waals surface area (Å²) in [7, 11) is 0. The smallest absolute Gasteiger partial charge is 0.191 e. The lowest BCUT2D eigenvalue weighted by atomic mass is 10.2. The topological polar surface area (TPSA) is 54.9 Å². The Kier molecular flexibility index (Phi) is 7.26. The van der Waals surface area contributed by atoms with Gasteiger partial charge in [-0.15, -0.1) is 24.0 Å². The fourth-order valence-corrected chi connectivity index (χ4v) is 2.93. The zero-order valence-electron chi connectivity index (χ0n) is 13.2. The Labute approximate surface area is 162 Å². The van der Waals surface area contributed by atoms with Crippen LogP contribution in [0.4, 0.5) is 0 Å². The largest absolute Gasteiger partial charge is 0.486 e. The van der Waals surface area contributed by atoms with Crippen molar-refractivity contribution in [1.82, 2.24) is 10.6 Å². The minimum atomic E-state index is 0. The van der Waals surface area contributed by atoms with Gasteiger partial charge in [-0.3, -0.25) is 0 Å². The van der Waals surface area contributed by atoms with E-state index in [1.54, 1.807) is 0 Å². The van der Waals surface area contributed by atoms with Crippen LogP contribution in [0.3, 0.4) is 0 Å². The summed E-state index contributed by atoms with van der Waals surface area (Å²) in [5.41, 5.74) is 1.10. The third kappa shape index (κ3) is 5.41. The number of fused-ring (bicyclic) bond motifs is 1. The fraction of sp³-hybridized carbons (Fsp3) is 0.562. The molecule has 5 nitrogen and oxygen atoms in total. The number of rotatable bonds is 5. The molecule has 0 spiro atoms. The summed E-state index contributed by atoms with van der Waals surface area (Å²) in [6, 6.07) is 4.05. The van der Waals surface area contributed by atoms with E-state index in [-0.39, 0.29) is 24.0 Å². The van der Waals surface area contributed by atoms with Crippen LogP contribution in [0.2, 0.25) is 0 Å². The number of nitrogens with zero attached hydrogens (tertiary/aromatic N) is 1. The number of ether oxygens (including phenoxy) is 2. The van der Waals surface area contributed by atoms with E-state index in [1.165, 1.54) is 12.8 Å². The van der Waals surface area contributed by atoms with Crippen LogP contribution in [0.5, 0.6) is 11.5 Å². The van der Waals surface area contributed by atoms with Gasteiger partial charge in [0.2, 0.25) is 0 Å². The summed E-state index contributed by atoms with van der Waals surface area (Å²) in [5, 5.41) is 6.69. The van der Waals surface area contributed by atoms with Crippen LogP contribution in [-0.2, 0) is 6.54 Å². The van der Waals surface area contributed by atoms with Crippen molar-refractivity contribution < 1.29 is 9.47 Å². The van der Waals surface area contributed by atoms with E-state index in [0.29, 0.717) is 19.8 Å². The maximum absolute atomic E-state index is 5.65. The summed E-state index contributed by atoms with van der Waals surface area (Å²) >= 11 is 3.54. The van der Waals surface area contributed by atoms with Gasteiger partial charge in [0.25, 0.3) is 0 Å². The Bertz CT molecular complexity index is 565. The molecule has 2 aliphatic rings. The summed E-state index contributed by atoms with van der Waals surface area (Å²) in [6.07, 6.45) is 2.67. The first-order valence-electron chi connectivity index (χ1n) is 7.86. The molecule has 3 rings (SSSR count). The number of guanidine groups is 1. The molecule has 1 heterocycles. The minimum Gasteiger partial charge on any atom is -0.486 e. The van der Waals surface area contributed by atoms with E-state index in [2.05, 4.69) is 38.5 Å². The highest BCUT2D eigenvalue weighted by Gasteiger charge is 2.21. The van der Waals surface area contributed by atoms with E-state index in [1.807, 2.05) is 12.1 Å². The number of hydrogen-bond donors (Lipinski definition) is 2. The molecule has 1 aromatic rings. The normalized spacial score (nSPS) is 16.5. The molecule has 0 amide bonds. The van der Waals surface area contributed by atoms with Gasteiger partial charge in [0.15, 0.2) is 17.5 Å². The van der Waals surface area contributed by atoms with Gasteiger partial charge in [-0.05, 0) is 59.3 Å². The lowest BCUT2D eigenvalue weighted by molar-refractivity contribution is 0.170. The molecule has 1 aliphatic heterocycles. The van der Waals surface area contributed by atoms with Gasteiger partial charge in [-0.25, -0.2) is 4.99 Å². The van der Waals surface area contributed by atoms with Crippen molar-refractivity contribution in [3.05, 3.63) is 22.2 Å². The van der Waals surface area contributed by atoms with Crippen molar-refractivity contribution >= 4 is 45.9 Å². The molecule has 1 fully saturated rings. The average molecular weight is 496 g/mol. The highest BCUT2D eigenvalue weighted by Crippen LogP contribution is 2.38. The molecule has 128 valence electrons. The van der Waals surface area contributed by atoms with Crippen molar-refractivity contribution in [2.45, 2.75) is 26.3 Å². The van der Waals surface area contributed by atoms with Crippen LogP contribution < -0.4 is 20.1 Å². The SMILES string of the molecule is CCNC(=NCc1cc(Br)c2c(c1)OCCO2)NCC1CC1.I. The third-order valence-electron chi connectivity index (χ3n) is 3.68. The Hall–Kier alpha value is -0.700. The minimum absolute atomic E-state index is 0. The number of halogens is 2. The van der Waals surface area contributed by atoms with Gasteiger partial charge >= 0.3 is 0 Å². The molecular weight excluding hydrogens is 473 g/mol. The molecule has 7 heteroatoms. The van der Waals surface area contributed by atoms with Gasteiger partial charge in [-0.2, -0.15) is 0 Å². The maximum atomic E-state index is 5.65. The quantitative estimate of drug-likeness (QED) is 0.374. The summed E-state index contributed by atoms with van der Waals surface area (Å²) in [4.78, 5) is 4.65. The molecule has 0 atom stereocenters. The predicted octanol–water partition coefficient (Wildman–Crippen LogP) is 3.30. The lowest BCUT2D eigenvalue weighted by Crippen LogP contribution is -2.38. The van der Waals surface area contributed by atoms with Crippen molar-refractivity contribution in [1.29, 1.82) is 0 Å². The van der Waals surface area contributed by atoms with Crippen molar-refractivity contribution in [2.75, 3.05) is 26.3 Å². The van der Waals surface area contributed by atoms with Crippen LogP contribution in [0.1, 0.15) is 25.3 Å². The molecule has 23 heavy (non-hydrogen) atoms.